The average molecular weight is 368 g/mol. The molecule has 2 aliphatic rings. The zero-order chi connectivity index (χ0) is 16.6. The van der Waals surface area contributed by atoms with E-state index in [1.54, 1.807) is 22.0 Å². The van der Waals surface area contributed by atoms with E-state index in [0.717, 1.165) is 48.4 Å². The first-order valence-corrected chi connectivity index (χ1v) is 10.8. The van der Waals surface area contributed by atoms with E-state index in [2.05, 4.69) is 20.6 Å². The second-order valence-corrected chi connectivity index (χ2v) is 9.35. The summed E-state index contributed by atoms with van der Waals surface area (Å²) in [6, 6.07) is 0. The largest absolute Gasteiger partial charge is 0.368 e. The highest BCUT2D eigenvalue weighted by Gasteiger charge is 2.25. The van der Waals surface area contributed by atoms with E-state index in [1.165, 1.54) is 10.4 Å². The molecule has 0 atom stereocenters. The summed E-state index contributed by atoms with van der Waals surface area (Å²) in [5.41, 5.74) is 1.30. The molecule has 2 N–H and O–H groups in total. The summed E-state index contributed by atoms with van der Waals surface area (Å²) >= 11 is 1.69. The van der Waals surface area contributed by atoms with Crippen LogP contribution in [0.4, 0.5) is 5.82 Å². The van der Waals surface area contributed by atoms with Crippen molar-refractivity contribution in [1.82, 2.24) is 19.6 Å². The van der Waals surface area contributed by atoms with Crippen molar-refractivity contribution < 1.29 is 8.42 Å². The van der Waals surface area contributed by atoms with Crippen LogP contribution in [0.1, 0.15) is 23.3 Å². The van der Waals surface area contributed by atoms with Crippen molar-refractivity contribution in [3.63, 3.8) is 0 Å². The second-order valence-electron chi connectivity index (χ2n) is 6.18. The first-order valence-electron chi connectivity index (χ1n) is 8.33. The maximum atomic E-state index is 12.3. The van der Waals surface area contributed by atoms with Crippen LogP contribution < -0.4 is 10.6 Å². The van der Waals surface area contributed by atoms with Crippen molar-refractivity contribution in [2.75, 3.05) is 37.2 Å². The van der Waals surface area contributed by atoms with Gasteiger partial charge in [0.1, 0.15) is 17.0 Å². The lowest BCUT2D eigenvalue weighted by atomic mass is 10.1. The van der Waals surface area contributed by atoms with E-state index in [4.69, 9.17) is 0 Å². The van der Waals surface area contributed by atoms with Crippen LogP contribution in [0.15, 0.2) is 6.33 Å². The van der Waals surface area contributed by atoms with Crippen molar-refractivity contribution in [1.29, 1.82) is 0 Å². The van der Waals surface area contributed by atoms with Crippen molar-refractivity contribution in [2.24, 2.45) is 0 Å². The molecule has 1 fully saturated rings. The third kappa shape index (κ3) is 3.01. The minimum Gasteiger partial charge on any atom is -0.368 e. The maximum absolute atomic E-state index is 12.3. The summed E-state index contributed by atoms with van der Waals surface area (Å²) in [7, 11) is -3.17. The van der Waals surface area contributed by atoms with E-state index < -0.39 is 10.0 Å². The zero-order valence-corrected chi connectivity index (χ0v) is 15.0. The number of rotatable bonds is 5. The predicted octanol–water partition coefficient (Wildman–Crippen LogP) is 1.17. The van der Waals surface area contributed by atoms with Crippen LogP contribution in [0, 0.1) is 0 Å². The molecule has 9 heteroatoms. The summed E-state index contributed by atoms with van der Waals surface area (Å²) in [4.78, 5) is 11.0. The Bertz CT molecular complexity index is 843. The van der Waals surface area contributed by atoms with Crippen LogP contribution in [0.5, 0.6) is 0 Å². The number of sulfonamides is 1. The van der Waals surface area contributed by atoms with Gasteiger partial charge in [-0.1, -0.05) is 0 Å². The molecule has 1 saturated heterocycles. The minimum absolute atomic E-state index is 0.104. The van der Waals surface area contributed by atoms with E-state index in [0.29, 0.717) is 19.6 Å². The first kappa shape index (κ1) is 16.2. The monoisotopic (exact) mass is 367 g/mol. The molecular weight excluding hydrogens is 346 g/mol. The highest BCUT2D eigenvalue weighted by molar-refractivity contribution is 7.89. The Morgan fingerprint density at radius 2 is 2.12 bits per heavy atom. The number of nitrogens with one attached hydrogen (secondary N) is 2. The van der Waals surface area contributed by atoms with Gasteiger partial charge in [-0.25, -0.2) is 22.7 Å². The standard InChI is InChI=1S/C15H21N5O2S2/c21-24(22,20-6-1-2-7-20)8-5-17-14-13-11-3-4-16-9-12(11)23-15(13)19-10-18-14/h10,16H,1-9H2,(H,17,18,19). The Morgan fingerprint density at radius 1 is 1.29 bits per heavy atom. The minimum atomic E-state index is -3.17. The SMILES string of the molecule is O=S(=O)(CCNc1ncnc2sc3c(c12)CCNC3)N1CCCC1. The molecule has 0 aliphatic carbocycles. The number of anilines is 1. The molecule has 7 nitrogen and oxygen atoms in total. The lowest BCUT2D eigenvalue weighted by Crippen LogP contribution is -2.32. The summed E-state index contributed by atoms with van der Waals surface area (Å²) in [6.45, 7) is 3.51. The lowest BCUT2D eigenvalue weighted by molar-refractivity contribution is 0.478. The van der Waals surface area contributed by atoms with Gasteiger partial charge >= 0.3 is 0 Å². The van der Waals surface area contributed by atoms with Gasteiger partial charge in [-0.3, -0.25) is 0 Å². The first-order chi connectivity index (χ1) is 11.6. The zero-order valence-electron chi connectivity index (χ0n) is 13.4. The Hall–Kier alpha value is -1.29. The van der Waals surface area contributed by atoms with Crippen molar-refractivity contribution in [3.05, 3.63) is 16.8 Å². The van der Waals surface area contributed by atoms with Crippen LogP contribution in [-0.2, 0) is 23.0 Å². The van der Waals surface area contributed by atoms with Crippen LogP contribution in [-0.4, -0.2) is 54.6 Å². The lowest BCUT2D eigenvalue weighted by Gasteiger charge is -2.16. The number of fused-ring (bicyclic) bond motifs is 3. The van der Waals surface area contributed by atoms with Gasteiger partial charge < -0.3 is 10.6 Å². The van der Waals surface area contributed by atoms with Crippen molar-refractivity contribution in [2.45, 2.75) is 25.8 Å². The van der Waals surface area contributed by atoms with Crippen LogP contribution >= 0.6 is 11.3 Å². The normalized spacial score (nSPS) is 18.8. The molecule has 130 valence electrons. The van der Waals surface area contributed by atoms with Crippen molar-refractivity contribution >= 4 is 37.4 Å². The van der Waals surface area contributed by atoms with E-state index in [-0.39, 0.29) is 5.75 Å². The Kier molecular flexibility index (Phi) is 4.42. The summed E-state index contributed by atoms with van der Waals surface area (Å²) in [5, 5.41) is 7.67. The fourth-order valence-corrected chi connectivity index (χ4v) is 5.98. The summed E-state index contributed by atoms with van der Waals surface area (Å²) in [5.74, 6) is 0.864. The Morgan fingerprint density at radius 3 is 2.96 bits per heavy atom. The van der Waals surface area contributed by atoms with E-state index in [9.17, 15) is 8.42 Å². The van der Waals surface area contributed by atoms with Gasteiger partial charge in [-0.05, 0) is 31.4 Å². The molecule has 0 bridgehead atoms. The third-order valence-corrected chi connectivity index (χ3v) is 7.63. The highest BCUT2D eigenvalue weighted by atomic mass is 32.2. The smallest absolute Gasteiger partial charge is 0.215 e. The van der Waals surface area contributed by atoms with Gasteiger partial charge in [-0.2, -0.15) is 0 Å². The predicted molar refractivity (Wildman–Crippen MR) is 95.9 cm³/mol. The molecule has 2 aromatic heterocycles. The van der Waals surface area contributed by atoms with Gasteiger partial charge in [-0.15, -0.1) is 11.3 Å². The molecule has 0 unspecified atom stereocenters. The van der Waals surface area contributed by atoms with Gasteiger partial charge in [0.2, 0.25) is 10.0 Å². The summed E-state index contributed by atoms with van der Waals surface area (Å²) < 4.78 is 26.2. The molecule has 0 saturated carbocycles. The average Bonchev–Trinajstić information content (AvgIpc) is 3.23. The van der Waals surface area contributed by atoms with Crippen LogP contribution in [0.25, 0.3) is 10.2 Å². The molecular formula is C15H21N5O2S2. The fourth-order valence-electron chi connectivity index (χ4n) is 3.39. The second kappa shape index (κ2) is 6.55. The van der Waals surface area contributed by atoms with E-state index >= 15 is 0 Å². The third-order valence-electron chi connectivity index (χ3n) is 4.62. The molecule has 0 amide bonds. The molecule has 2 aliphatic heterocycles. The summed E-state index contributed by atoms with van der Waals surface area (Å²) in [6.07, 6.45) is 4.45. The molecule has 4 rings (SSSR count). The van der Waals surface area contributed by atoms with E-state index in [1.807, 2.05) is 0 Å². The Labute approximate surface area is 145 Å². The number of thiophene rings is 1. The molecule has 2 aromatic rings. The number of hydrogen-bond acceptors (Lipinski definition) is 7. The highest BCUT2D eigenvalue weighted by Crippen LogP contribution is 2.35. The molecule has 24 heavy (non-hydrogen) atoms. The molecule has 0 radical (unpaired) electrons. The number of hydrogen-bond donors (Lipinski definition) is 2. The molecule has 0 aromatic carbocycles. The van der Waals surface area contributed by atoms with Gasteiger partial charge in [0.15, 0.2) is 0 Å². The number of aromatic nitrogens is 2. The number of nitrogens with zero attached hydrogens (tertiary/aromatic N) is 3. The van der Waals surface area contributed by atoms with Crippen LogP contribution in [0.3, 0.4) is 0 Å². The molecule has 0 spiro atoms. The van der Waals surface area contributed by atoms with Gasteiger partial charge in [0.25, 0.3) is 0 Å². The molecule has 4 heterocycles. The quantitative estimate of drug-likeness (QED) is 0.825. The Balaban J connectivity index is 1.51. The van der Waals surface area contributed by atoms with Crippen LogP contribution in [0.2, 0.25) is 0 Å². The fraction of sp³-hybridized carbons (Fsp3) is 0.600. The topological polar surface area (TPSA) is 87.2 Å². The van der Waals surface area contributed by atoms with Gasteiger partial charge in [0.05, 0.1) is 11.1 Å². The van der Waals surface area contributed by atoms with Crippen molar-refractivity contribution in [3.8, 4) is 0 Å². The van der Waals surface area contributed by atoms with Gasteiger partial charge in [0, 0.05) is 31.1 Å². The maximum Gasteiger partial charge on any atom is 0.215 e.